The Hall–Kier alpha value is -1.82. The van der Waals surface area contributed by atoms with Crippen molar-refractivity contribution in [3.63, 3.8) is 0 Å². The van der Waals surface area contributed by atoms with Crippen molar-refractivity contribution in [2.45, 2.75) is 31.5 Å². The summed E-state index contributed by atoms with van der Waals surface area (Å²) in [5, 5.41) is 7.05. The van der Waals surface area contributed by atoms with Gasteiger partial charge in [-0.2, -0.15) is 0 Å². The number of Topliss-reactive ketones (excluding diaryl/α,β-unsaturated/α-hetero) is 1. The molecule has 6 heteroatoms. The van der Waals surface area contributed by atoms with Gasteiger partial charge in [0, 0.05) is 23.8 Å². The molecule has 0 amide bonds. The van der Waals surface area contributed by atoms with E-state index >= 15 is 0 Å². The summed E-state index contributed by atoms with van der Waals surface area (Å²) in [6.07, 6.45) is 0.424. The maximum absolute atomic E-state index is 11.9. The number of thioether (sulfide) groups is 1. The van der Waals surface area contributed by atoms with Crippen LogP contribution in [0.15, 0.2) is 40.3 Å². The average molecular weight is 291 g/mol. The number of carbonyl (C=O) groups is 1. The largest absolute Gasteiger partial charge is 0.344 e. The standard InChI is InChI=1S/C14H17N3O2S/c1-10(2)17-13(19)15-16-14(17)20-9-8-12(18)11-6-4-3-5-7-11/h3-7,10H,8-9H2,1-2H3,(H,15,19). The third kappa shape index (κ3) is 3.39. The molecule has 2 aromatic rings. The lowest BCUT2D eigenvalue weighted by Gasteiger charge is -2.08. The lowest BCUT2D eigenvalue weighted by molar-refractivity contribution is 0.0989. The van der Waals surface area contributed by atoms with Crippen LogP contribution in [0.4, 0.5) is 0 Å². The molecule has 0 aliphatic rings. The highest BCUT2D eigenvalue weighted by Crippen LogP contribution is 2.18. The average Bonchev–Trinajstić information content (AvgIpc) is 2.81. The zero-order valence-electron chi connectivity index (χ0n) is 11.5. The van der Waals surface area contributed by atoms with Crippen molar-refractivity contribution >= 4 is 17.5 Å². The number of nitrogens with one attached hydrogen (secondary N) is 1. The molecule has 1 heterocycles. The van der Waals surface area contributed by atoms with Crippen molar-refractivity contribution in [3.8, 4) is 0 Å². The van der Waals surface area contributed by atoms with Crippen molar-refractivity contribution in [1.29, 1.82) is 0 Å². The van der Waals surface area contributed by atoms with Crippen LogP contribution < -0.4 is 5.69 Å². The molecule has 0 fully saturated rings. The summed E-state index contributed by atoms with van der Waals surface area (Å²) in [7, 11) is 0. The summed E-state index contributed by atoms with van der Waals surface area (Å²) in [5.41, 5.74) is 0.508. The number of aromatic amines is 1. The monoisotopic (exact) mass is 291 g/mol. The predicted molar refractivity (Wildman–Crippen MR) is 79.3 cm³/mol. The van der Waals surface area contributed by atoms with Gasteiger partial charge in [-0.1, -0.05) is 42.1 Å². The van der Waals surface area contributed by atoms with Gasteiger partial charge in [-0.3, -0.25) is 9.36 Å². The van der Waals surface area contributed by atoms with Crippen LogP contribution in [-0.2, 0) is 0 Å². The quantitative estimate of drug-likeness (QED) is 0.656. The molecule has 5 nitrogen and oxygen atoms in total. The summed E-state index contributed by atoms with van der Waals surface area (Å²) in [4.78, 5) is 23.5. The van der Waals surface area contributed by atoms with E-state index in [1.54, 1.807) is 4.57 Å². The molecular weight excluding hydrogens is 274 g/mol. The van der Waals surface area contributed by atoms with E-state index in [0.29, 0.717) is 17.3 Å². The van der Waals surface area contributed by atoms with Gasteiger partial charge in [0.15, 0.2) is 10.9 Å². The molecule has 0 spiro atoms. The molecule has 0 unspecified atom stereocenters. The maximum atomic E-state index is 11.9. The molecule has 0 saturated heterocycles. The van der Waals surface area contributed by atoms with Crippen LogP contribution >= 0.6 is 11.8 Å². The molecule has 2 rings (SSSR count). The summed E-state index contributed by atoms with van der Waals surface area (Å²) in [5.74, 6) is 0.706. The van der Waals surface area contributed by atoms with E-state index in [-0.39, 0.29) is 17.5 Å². The van der Waals surface area contributed by atoms with Crippen molar-refractivity contribution in [2.24, 2.45) is 0 Å². The zero-order valence-corrected chi connectivity index (χ0v) is 12.3. The smallest absolute Gasteiger partial charge is 0.294 e. The van der Waals surface area contributed by atoms with Crippen molar-refractivity contribution < 1.29 is 4.79 Å². The van der Waals surface area contributed by atoms with Crippen LogP contribution in [0.3, 0.4) is 0 Å². The fraction of sp³-hybridized carbons (Fsp3) is 0.357. The van der Waals surface area contributed by atoms with Crippen LogP contribution in [0.5, 0.6) is 0 Å². The molecule has 0 saturated carbocycles. The fourth-order valence-corrected chi connectivity index (χ4v) is 2.86. The Morgan fingerprint density at radius 3 is 2.70 bits per heavy atom. The van der Waals surface area contributed by atoms with E-state index in [2.05, 4.69) is 10.2 Å². The topological polar surface area (TPSA) is 67.8 Å². The number of hydrogen-bond donors (Lipinski definition) is 1. The summed E-state index contributed by atoms with van der Waals surface area (Å²) in [6, 6.07) is 9.26. The van der Waals surface area contributed by atoms with E-state index in [9.17, 15) is 9.59 Å². The number of hydrogen-bond acceptors (Lipinski definition) is 4. The van der Waals surface area contributed by atoms with E-state index in [4.69, 9.17) is 0 Å². The lowest BCUT2D eigenvalue weighted by Crippen LogP contribution is -2.19. The lowest BCUT2D eigenvalue weighted by atomic mass is 10.1. The molecule has 0 aliphatic heterocycles. The first kappa shape index (κ1) is 14.6. The summed E-state index contributed by atoms with van der Waals surface area (Å²) >= 11 is 1.42. The predicted octanol–water partition coefficient (Wildman–Crippen LogP) is 2.52. The van der Waals surface area contributed by atoms with Crippen LogP contribution in [0, 0.1) is 0 Å². The van der Waals surface area contributed by atoms with Crippen molar-refractivity contribution in [2.75, 3.05) is 5.75 Å². The number of H-pyrrole nitrogens is 1. The van der Waals surface area contributed by atoms with Gasteiger partial charge in [0.1, 0.15) is 0 Å². The highest BCUT2D eigenvalue weighted by molar-refractivity contribution is 7.99. The van der Waals surface area contributed by atoms with Crippen LogP contribution in [-0.4, -0.2) is 26.3 Å². The van der Waals surface area contributed by atoms with Gasteiger partial charge in [-0.05, 0) is 13.8 Å². The maximum Gasteiger partial charge on any atom is 0.344 e. The molecule has 1 aromatic carbocycles. The van der Waals surface area contributed by atoms with Gasteiger partial charge in [0.2, 0.25) is 0 Å². The van der Waals surface area contributed by atoms with E-state index in [1.165, 1.54) is 11.8 Å². The Bertz CT molecular complexity index is 631. The first-order chi connectivity index (χ1) is 9.59. The van der Waals surface area contributed by atoms with E-state index < -0.39 is 0 Å². The number of benzene rings is 1. The molecule has 1 N–H and O–H groups in total. The number of ketones is 1. The second-order valence-electron chi connectivity index (χ2n) is 4.66. The molecule has 106 valence electrons. The zero-order chi connectivity index (χ0) is 14.5. The Kier molecular flexibility index (Phi) is 4.79. The number of rotatable bonds is 6. The van der Waals surface area contributed by atoms with Gasteiger partial charge in [0.25, 0.3) is 0 Å². The van der Waals surface area contributed by atoms with Gasteiger partial charge in [0.05, 0.1) is 0 Å². The molecule has 0 bridgehead atoms. The second-order valence-corrected chi connectivity index (χ2v) is 5.72. The van der Waals surface area contributed by atoms with Crippen LogP contribution in [0.2, 0.25) is 0 Å². The third-order valence-electron chi connectivity index (χ3n) is 2.84. The first-order valence-corrected chi connectivity index (χ1v) is 7.46. The molecule has 0 radical (unpaired) electrons. The normalized spacial score (nSPS) is 10.9. The first-order valence-electron chi connectivity index (χ1n) is 6.47. The number of nitrogens with zero attached hydrogens (tertiary/aromatic N) is 2. The Morgan fingerprint density at radius 2 is 2.05 bits per heavy atom. The molecular formula is C14H17N3O2S. The van der Waals surface area contributed by atoms with Gasteiger partial charge in [-0.25, -0.2) is 9.89 Å². The summed E-state index contributed by atoms with van der Waals surface area (Å²) in [6.45, 7) is 3.85. The van der Waals surface area contributed by atoms with Crippen molar-refractivity contribution in [3.05, 3.63) is 46.4 Å². The van der Waals surface area contributed by atoms with E-state index in [1.807, 2.05) is 44.2 Å². The third-order valence-corrected chi connectivity index (χ3v) is 3.80. The van der Waals surface area contributed by atoms with Crippen LogP contribution in [0.1, 0.15) is 36.7 Å². The van der Waals surface area contributed by atoms with Gasteiger partial charge < -0.3 is 0 Å². The Balaban J connectivity index is 1.94. The molecule has 0 atom stereocenters. The minimum absolute atomic E-state index is 0.0496. The van der Waals surface area contributed by atoms with Gasteiger partial charge in [-0.15, -0.1) is 5.10 Å². The molecule has 0 aliphatic carbocycles. The highest BCUT2D eigenvalue weighted by Gasteiger charge is 2.12. The number of carbonyl (C=O) groups excluding carboxylic acids is 1. The molecule has 20 heavy (non-hydrogen) atoms. The fourth-order valence-electron chi connectivity index (χ4n) is 1.85. The van der Waals surface area contributed by atoms with Gasteiger partial charge >= 0.3 is 5.69 Å². The van der Waals surface area contributed by atoms with Crippen LogP contribution in [0.25, 0.3) is 0 Å². The number of aromatic nitrogens is 3. The van der Waals surface area contributed by atoms with E-state index in [0.717, 1.165) is 5.56 Å². The second kappa shape index (κ2) is 6.56. The summed E-state index contributed by atoms with van der Waals surface area (Å²) < 4.78 is 1.59. The minimum Gasteiger partial charge on any atom is -0.294 e. The minimum atomic E-state index is -0.211. The van der Waals surface area contributed by atoms with Crippen molar-refractivity contribution in [1.82, 2.24) is 14.8 Å². The Morgan fingerprint density at radius 1 is 1.35 bits per heavy atom. The molecule has 1 aromatic heterocycles. The SMILES string of the molecule is CC(C)n1c(SCCC(=O)c2ccccc2)n[nH]c1=O. The Labute approximate surface area is 121 Å². The highest BCUT2D eigenvalue weighted by atomic mass is 32.2.